The zero-order valence-electron chi connectivity index (χ0n) is 13.6. The van der Waals surface area contributed by atoms with Crippen molar-refractivity contribution in [2.45, 2.75) is 11.9 Å². The van der Waals surface area contributed by atoms with Crippen molar-refractivity contribution in [2.24, 2.45) is 0 Å². The van der Waals surface area contributed by atoms with Gasteiger partial charge in [-0.3, -0.25) is 4.79 Å². The van der Waals surface area contributed by atoms with Crippen molar-refractivity contribution in [3.05, 3.63) is 60.4 Å². The monoisotopic (exact) mass is 348 g/mol. The highest BCUT2D eigenvalue weighted by Gasteiger charge is 2.12. The van der Waals surface area contributed by atoms with Gasteiger partial charge in [-0.25, -0.2) is 9.97 Å². The molecule has 0 spiro atoms. The van der Waals surface area contributed by atoms with Gasteiger partial charge in [-0.15, -0.1) is 0 Å². The number of hydrogen-bond donors (Lipinski definition) is 2. The number of nitrogens with zero attached hydrogens (tertiary/aromatic N) is 2. The number of amides is 1. The van der Waals surface area contributed by atoms with E-state index in [9.17, 15) is 4.79 Å². The normalized spacial score (nSPS) is 11.1. The minimum Gasteiger partial charge on any atom is -0.351 e. The number of H-pyrrole nitrogens is 1. The van der Waals surface area contributed by atoms with Crippen molar-refractivity contribution < 1.29 is 4.79 Å². The first-order valence-corrected chi connectivity index (χ1v) is 8.90. The molecule has 0 bridgehead atoms. The van der Waals surface area contributed by atoms with E-state index in [-0.39, 0.29) is 11.7 Å². The van der Waals surface area contributed by atoms with Gasteiger partial charge in [0.2, 0.25) is 5.91 Å². The molecule has 0 fully saturated rings. The van der Waals surface area contributed by atoms with Crippen LogP contribution in [0, 0.1) is 6.92 Å². The summed E-state index contributed by atoms with van der Waals surface area (Å²) in [5.41, 5.74) is 4.73. The first-order valence-electron chi connectivity index (χ1n) is 7.91. The van der Waals surface area contributed by atoms with Crippen LogP contribution in [0.15, 0.2) is 59.9 Å². The van der Waals surface area contributed by atoms with Gasteiger partial charge in [-0.1, -0.05) is 47.7 Å². The van der Waals surface area contributed by atoms with E-state index >= 15 is 0 Å². The van der Waals surface area contributed by atoms with Crippen LogP contribution in [0.3, 0.4) is 0 Å². The van der Waals surface area contributed by atoms with Crippen molar-refractivity contribution in [1.29, 1.82) is 0 Å². The highest BCUT2D eigenvalue weighted by Crippen LogP contribution is 2.29. The van der Waals surface area contributed by atoms with Crippen LogP contribution >= 0.6 is 11.8 Å². The first-order chi connectivity index (χ1) is 12.2. The summed E-state index contributed by atoms with van der Waals surface area (Å²) in [6.07, 6.45) is 1.54. The molecule has 0 saturated carbocycles. The Hall–Kier alpha value is -2.86. The Morgan fingerprint density at radius 3 is 2.76 bits per heavy atom. The average molecular weight is 348 g/mol. The van der Waals surface area contributed by atoms with Crippen LogP contribution in [0.2, 0.25) is 0 Å². The van der Waals surface area contributed by atoms with Gasteiger partial charge in [0.15, 0.2) is 0 Å². The maximum Gasteiger partial charge on any atom is 0.234 e. The van der Waals surface area contributed by atoms with Gasteiger partial charge in [0.25, 0.3) is 0 Å². The topological polar surface area (TPSA) is 70.7 Å². The number of benzene rings is 2. The predicted molar refractivity (Wildman–Crippen MR) is 102 cm³/mol. The third kappa shape index (κ3) is 3.21. The number of aromatic amines is 1. The molecule has 0 aliphatic rings. The van der Waals surface area contributed by atoms with Gasteiger partial charge in [0.1, 0.15) is 16.9 Å². The fourth-order valence-corrected chi connectivity index (χ4v) is 3.45. The Bertz CT molecular complexity index is 1060. The lowest BCUT2D eigenvalue weighted by Gasteiger charge is -2.05. The molecule has 6 heteroatoms. The fourth-order valence-electron chi connectivity index (χ4n) is 2.70. The number of para-hydroxylation sites is 1. The Balaban J connectivity index is 1.52. The van der Waals surface area contributed by atoms with Crippen molar-refractivity contribution in [1.82, 2.24) is 15.0 Å². The molecule has 2 aromatic heterocycles. The number of carbonyl (C=O) groups excluding carboxylic acids is 1. The average Bonchev–Trinajstić information content (AvgIpc) is 3.01. The SMILES string of the molecule is Cc1ccc(NC(=O)CSc2ncnc3c2[nH]c2ccccc23)cc1. The van der Waals surface area contributed by atoms with Crippen molar-refractivity contribution in [3.63, 3.8) is 0 Å². The van der Waals surface area contributed by atoms with E-state index < -0.39 is 0 Å². The quantitative estimate of drug-likeness (QED) is 0.429. The smallest absolute Gasteiger partial charge is 0.234 e. The molecule has 0 unspecified atom stereocenters. The summed E-state index contributed by atoms with van der Waals surface area (Å²) in [7, 11) is 0. The number of rotatable bonds is 4. The number of aryl methyl sites for hydroxylation is 1. The number of carbonyl (C=O) groups is 1. The molecule has 2 heterocycles. The van der Waals surface area contributed by atoms with Crippen LogP contribution in [-0.2, 0) is 4.79 Å². The highest BCUT2D eigenvalue weighted by atomic mass is 32.2. The number of fused-ring (bicyclic) bond motifs is 3. The van der Waals surface area contributed by atoms with Crippen molar-refractivity contribution in [3.8, 4) is 0 Å². The van der Waals surface area contributed by atoms with Gasteiger partial charge in [0, 0.05) is 16.6 Å². The molecular formula is C19H16N4OS. The van der Waals surface area contributed by atoms with E-state index in [4.69, 9.17) is 0 Å². The molecule has 2 N–H and O–H groups in total. The van der Waals surface area contributed by atoms with Gasteiger partial charge >= 0.3 is 0 Å². The zero-order chi connectivity index (χ0) is 17.2. The molecule has 124 valence electrons. The lowest BCUT2D eigenvalue weighted by atomic mass is 10.2. The van der Waals surface area contributed by atoms with Gasteiger partial charge in [-0.2, -0.15) is 0 Å². The van der Waals surface area contributed by atoms with Gasteiger partial charge in [-0.05, 0) is 25.1 Å². The van der Waals surface area contributed by atoms with Crippen LogP contribution in [0.1, 0.15) is 5.56 Å². The maximum absolute atomic E-state index is 12.2. The summed E-state index contributed by atoms with van der Waals surface area (Å²) >= 11 is 1.40. The number of anilines is 1. The maximum atomic E-state index is 12.2. The van der Waals surface area contributed by atoms with Gasteiger partial charge in [0.05, 0.1) is 11.3 Å². The van der Waals surface area contributed by atoms with E-state index in [1.54, 1.807) is 6.33 Å². The van der Waals surface area contributed by atoms with Crippen LogP contribution in [0.4, 0.5) is 5.69 Å². The summed E-state index contributed by atoms with van der Waals surface area (Å²) in [4.78, 5) is 24.3. The number of aromatic nitrogens is 3. The summed E-state index contributed by atoms with van der Waals surface area (Å²) in [6, 6.07) is 15.8. The number of nitrogens with one attached hydrogen (secondary N) is 2. The van der Waals surface area contributed by atoms with E-state index in [0.717, 1.165) is 38.2 Å². The van der Waals surface area contributed by atoms with Crippen LogP contribution in [-0.4, -0.2) is 26.6 Å². The van der Waals surface area contributed by atoms with Crippen LogP contribution in [0.5, 0.6) is 0 Å². The fraction of sp³-hybridized carbons (Fsp3) is 0.105. The van der Waals surface area contributed by atoms with Crippen LogP contribution in [0.25, 0.3) is 21.9 Å². The third-order valence-electron chi connectivity index (χ3n) is 3.93. The largest absolute Gasteiger partial charge is 0.351 e. The van der Waals surface area contributed by atoms with E-state index in [2.05, 4.69) is 20.3 Å². The van der Waals surface area contributed by atoms with Crippen LogP contribution < -0.4 is 5.32 Å². The minimum absolute atomic E-state index is 0.0586. The number of hydrogen-bond acceptors (Lipinski definition) is 4. The Morgan fingerprint density at radius 2 is 1.92 bits per heavy atom. The molecule has 4 aromatic rings. The molecule has 0 aliphatic heterocycles. The molecule has 0 radical (unpaired) electrons. The van der Waals surface area contributed by atoms with E-state index in [0.29, 0.717) is 0 Å². The highest BCUT2D eigenvalue weighted by molar-refractivity contribution is 8.00. The summed E-state index contributed by atoms with van der Waals surface area (Å²) in [5.74, 6) is 0.228. The summed E-state index contributed by atoms with van der Waals surface area (Å²) in [6.45, 7) is 2.02. The van der Waals surface area contributed by atoms with Crippen molar-refractivity contribution in [2.75, 3.05) is 11.1 Å². The summed E-state index contributed by atoms with van der Waals surface area (Å²) < 4.78 is 0. The molecule has 1 amide bonds. The third-order valence-corrected chi connectivity index (χ3v) is 4.92. The molecule has 5 nitrogen and oxygen atoms in total. The Morgan fingerprint density at radius 1 is 1.12 bits per heavy atom. The minimum atomic E-state index is -0.0586. The zero-order valence-corrected chi connectivity index (χ0v) is 14.4. The molecule has 2 aromatic carbocycles. The second-order valence-corrected chi connectivity index (χ2v) is 6.74. The van der Waals surface area contributed by atoms with E-state index in [1.165, 1.54) is 11.8 Å². The van der Waals surface area contributed by atoms with Gasteiger partial charge < -0.3 is 10.3 Å². The Labute approximate surface area is 148 Å². The molecular weight excluding hydrogens is 332 g/mol. The molecule has 0 atom stereocenters. The van der Waals surface area contributed by atoms with Crippen molar-refractivity contribution >= 4 is 45.3 Å². The molecule has 0 saturated heterocycles. The summed E-state index contributed by atoms with van der Waals surface area (Å²) in [5, 5.41) is 4.74. The molecule has 0 aliphatic carbocycles. The molecule has 25 heavy (non-hydrogen) atoms. The second-order valence-electron chi connectivity index (χ2n) is 5.78. The lowest BCUT2D eigenvalue weighted by molar-refractivity contribution is -0.113. The molecule has 4 rings (SSSR count). The standard InChI is InChI=1S/C19H16N4OS/c1-12-6-8-13(9-7-12)22-16(24)10-25-19-18-17(20-11-21-19)14-4-2-3-5-15(14)23-18/h2-9,11,23H,10H2,1H3,(H,22,24). The lowest BCUT2D eigenvalue weighted by Crippen LogP contribution is -2.14. The second kappa shape index (κ2) is 6.57. The van der Waals surface area contributed by atoms with E-state index in [1.807, 2.05) is 55.5 Å². The first kappa shape index (κ1) is 15.7. The number of thioether (sulfide) groups is 1. The predicted octanol–water partition coefficient (Wildman–Crippen LogP) is 4.15. The Kier molecular flexibility index (Phi) is 4.11.